The Balaban J connectivity index is 2.15. The van der Waals surface area contributed by atoms with Gasteiger partial charge in [0.05, 0.1) is 12.7 Å². The van der Waals surface area contributed by atoms with Gasteiger partial charge in [-0.25, -0.2) is 0 Å². The summed E-state index contributed by atoms with van der Waals surface area (Å²) in [5.74, 6) is 0.939. The average molecular weight is 198 g/mol. The lowest BCUT2D eigenvalue weighted by molar-refractivity contribution is 0.131. The molecule has 14 heavy (non-hydrogen) atoms. The number of ether oxygens (including phenoxy) is 3. The molecule has 80 valence electrons. The summed E-state index contributed by atoms with van der Waals surface area (Å²) < 4.78 is 15.6. The van der Waals surface area contributed by atoms with Crippen LogP contribution in [-0.2, 0) is 14.2 Å². The van der Waals surface area contributed by atoms with Gasteiger partial charge in [0.15, 0.2) is 0 Å². The van der Waals surface area contributed by atoms with Crippen molar-refractivity contribution in [3.63, 3.8) is 0 Å². The minimum Gasteiger partial charge on any atom is -0.494 e. The van der Waals surface area contributed by atoms with E-state index in [2.05, 4.69) is 6.08 Å². The van der Waals surface area contributed by atoms with E-state index in [0.29, 0.717) is 6.61 Å². The van der Waals surface area contributed by atoms with Gasteiger partial charge in [0, 0.05) is 27.2 Å². The smallest absolute Gasteiger partial charge is 0.115 e. The predicted octanol–water partition coefficient (Wildman–Crippen LogP) is 1.90. The van der Waals surface area contributed by atoms with E-state index in [1.54, 1.807) is 14.2 Å². The molecular formula is C11H18O3. The highest BCUT2D eigenvalue weighted by Crippen LogP contribution is 2.13. The topological polar surface area (TPSA) is 27.7 Å². The number of hydrogen-bond donors (Lipinski definition) is 0. The van der Waals surface area contributed by atoms with Gasteiger partial charge in [0.25, 0.3) is 0 Å². The van der Waals surface area contributed by atoms with Crippen LogP contribution in [0.1, 0.15) is 12.8 Å². The van der Waals surface area contributed by atoms with Gasteiger partial charge < -0.3 is 14.2 Å². The number of rotatable bonds is 6. The normalized spacial score (nSPS) is 20.7. The molecule has 0 amide bonds. The van der Waals surface area contributed by atoms with Crippen LogP contribution in [0.25, 0.3) is 0 Å². The average Bonchev–Trinajstić information content (AvgIpc) is 2.25. The van der Waals surface area contributed by atoms with E-state index in [-0.39, 0.29) is 6.10 Å². The molecule has 1 rings (SSSR count). The molecule has 0 bridgehead atoms. The summed E-state index contributed by atoms with van der Waals surface area (Å²) in [6.45, 7) is 1.46. The van der Waals surface area contributed by atoms with Crippen molar-refractivity contribution < 1.29 is 14.2 Å². The molecule has 0 spiro atoms. The second-order valence-corrected chi connectivity index (χ2v) is 3.17. The van der Waals surface area contributed by atoms with Crippen LogP contribution in [0.3, 0.4) is 0 Å². The molecule has 0 aliphatic heterocycles. The van der Waals surface area contributed by atoms with Crippen LogP contribution in [-0.4, -0.2) is 33.5 Å². The maximum Gasteiger partial charge on any atom is 0.115 e. The van der Waals surface area contributed by atoms with Gasteiger partial charge >= 0.3 is 0 Å². The number of hydrogen-bond acceptors (Lipinski definition) is 3. The van der Waals surface area contributed by atoms with Crippen molar-refractivity contribution >= 4 is 0 Å². The SMILES string of the molecule is COCCCOC1=CCC(OC)C=C1. The van der Waals surface area contributed by atoms with Gasteiger partial charge in [-0.1, -0.05) is 6.08 Å². The summed E-state index contributed by atoms with van der Waals surface area (Å²) in [4.78, 5) is 0. The van der Waals surface area contributed by atoms with Crippen molar-refractivity contribution in [1.29, 1.82) is 0 Å². The zero-order valence-corrected chi connectivity index (χ0v) is 8.86. The Morgan fingerprint density at radius 3 is 2.79 bits per heavy atom. The molecule has 0 heterocycles. The molecule has 0 aromatic carbocycles. The summed E-state index contributed by atoms with van der Waals surface area (Å²) in [5.41, 5.74) is 0. The van der Waals surface area contributed by atoms with Crippen molar-refractivity contribution in [3.8, 4) is 0 Å². The van der Waals surface area contributed by atoms with Gasteiger partial charge in [-0.15, -0.1) is 0 Å². The standard InChI is InChI=1S/C11H18O3/c1-12-8-3-9-14-11-6-4-10(13-2)5-7-11/h4,6-7,10H,3,5,8-9H2,1-2H3. The molecule has 0 fully saturated rings. The number of allylic oxidation sites excluding steroid dienone is 1. The molecule has 1 aliphatic carbocycles. The minimum atomic E-state index is 0.210. The van der Waals surface area contributed by atoms with Gasteiger partial charge in [-0.05, 0) is 18.6 Å². The first-order valence-corrected chi connectivity index (χ1v) is 4.89. The van der Waals surface area contributed by atoms with Crippen LogP contribution in [0, 0.1) is 0 Å². The third-order valence-corrected chi connectivity index (χ3v) is 2.09. The lowest BCUT2D eigenvalue weighted by Crippen LogP contribution is -2.09. The Labute approximate surface area is 85.3 Å². The molecular weight excluding hydrogens is 180 g/mol. The van der Waals surface area contributed by atoms with E-state index in [0.717, 1.165) is 25.2 Å². The zero-order valence-electron chi connectivity index (χ0n) is 8.86. The molecule has 1 aliphatic rings. The Hall–Kier alpha value is -0.800. The molecule has 0 radical (unpaired) electrons. The van der Waals surface area contributed by atoms with Gasteiger partial charge in [0.2, 0.25) is 0 Å². The van der Waals surface area contributed by atoms with Crippen LogP contribution in [0.15, 0.2) is 24.0 Å². The first-order chi connectivity index (χ1) is 6.86. The summed E-state index contributed by atoms with van der Waals surface area (Å²) in [6.07, 6.45) is 8.07. The second kappa shape index (κ2) is 6.62. The van der Waals surface area contributed by atoms with Crippen LogP contribution in [0.4, 0.5) is 0 Å². The monoisotopic (exact) mass is 198 g/mol. The van der Waals surface area contributed by atoms with E-state index in [1.165, 1.54) is 0 Å². The molecule has 0 aromatic heterocycles. The first-order valence-electron chi connectivity index (χ1n) is 4.89. The number of methoxy groups -OCH3 is 2. The Kier molecular flexibility index (Phi) is 5.33. The summed E-state index contributed by atoms with van der Waals surface area (Å²) in [7, 11) is 3.41. The Bertz CT molecular complexity index is 209. The fraction of sp³-hybridized carbons (Fsp3) is 0.636. The molecule has 0 saturated heterocycles. The van der Waals surface area contributed by atoms with Crippen molar-refractivity contribution in [2.24, 2.45) is 0 Å². The van der Waals surface area contributed by atoms with E-state index in [1.807, 2.05) is 12.2 Å². The maximum atomic E-state index is 5.52. The lowest BCUT2D eigenvalue weighted by atomic mass is 10.1. The van der Waals surface area contributed by atoms with E-state index < -0.39 is 0 Å². The van der Waals surface area contributed by atoms with Gasteiger partial charge in [-0.3, -0.25) is 0 Å². The molecule has 0 N–H and O–H groups in total. The van der Waals surface area contributed by atoms with Crippen molar-refractivity contribution in [2.45, 2.75) is 18.9 Å². The third kappa shape index (κ3) is 3.94. The van der Waals surface area contributed by atoms with Crippen LogP contribution >= 0.6 is 0 Å². The third-order valence-electron chi connectivity index (χ3n) is 2.09. The highest BCUT2D eigenvalue weighted by molar-refractivity contribution is 5.19. The van der Waals surface area contributed by atoms with E-state index in [4.69, 9.17) is 14.2 Å². The van der Waals surface area contributed by atoms with E-state index >= 15 is 0 Å². The van der Waals surface area contributed by atoms with Crippen molar-refractivity contribution in [3.05, 3.63) is 24.0 Å². The zero-order chi connectivity index (χ0) is 10.2. The second-order valence-electron chi connectivity index (χ2n) is 3.17. The molecule has 3 nitrogen and oxygen atoms in total. The molecule has 0 saturated carbocycles. The Morgan fingerprint density at radius 2 is 2.21 bits per heavy atom. The maximum absolute atomic E-state index is 5.52. The van der Waals surface area contributed by atoms with Gasteiger partial charge in [-0.2, -0.15) is 0 Å². The van der Waals surface area contributed by atoms with Crippen LogP contribution in [0.5, 0.6) is 0 Å². The molecule has 1 atom stereocenters. The Morgan fingerprint density at radius 1 is 1.36 bits per heavy atom. The summed E-state index contributed by atoms with van der Waals surface area (Å²) in [6, 6.07) is 0. The van der Waals surface area contributed by atoms with E-state index in [9.17, 15) is 0 Å². The summed E-state index contributed by atoms with van der Waals surface area (Å²) >= 11 is 0. The van der Waals surface area contributed by atoms with Crippen LogP contribution < -0.4 is 0 Å². The van der Waals surface area contributed by atoms with Crippen molar-refractivity contribution in [2.75, 3.05) is 27.4 Å². The quantitative estimate of drug-likeness (QED) is 0.610. The molecule has 1 unspecified atom stereocenters. The largest absolute Gasteiger partial charge is 0.494 e. The van der Waals surface area contributed by atoms with Gasteiger partial charge in [0.1, 0.15) is 5.76 Å². The van der Waals surface area contributed by atoms with Crippen LogP contribution in [0.2, 0.25) is 0 Å². The molecule has 3 heteroatoms. The highest BCUT2D eigenvalue weighted by atomic mass is 16.5. The highest BCUT2D eigenvalue weighted by Gasteiger charge is 2.07. The fourth-order valence-corrected chi connectivity index (χ4v) is 1.26. The van der Waals surface area contributed by atoms with Crippen molar-refractivity contribution in [1.82, 2.24) is 0 Å². The minimum absolute atomic E-state index is 0.210. The molecule has 0 aromatic rings. The fourth-order valence-electron chi connectivity index (χ4n) is 1.26. The summed E-state index contributed by atoms with van der Waals surface area (Å²) in [5, 5.41) is 0. The first kappa shape index (κ1) is 11.3. The predicted molar refractivity (Wildman–Crippen MR) is 55.1 cm³/mol. The lowest BCUT2D eigenvalue weighted by Gasteiger charge is -2.15.